The molecule has 0 amide bonds. The molecular formula is C11H14N2. The van der Waals surface area contributed by atoms with E-state index in [2.05, 4.69) is 29.4 Å². The van der Waals surface area contributed by atoms with Crippen molar-refractivity contribution in [1.82, 2.24) is 9.38 Å². The van der Waals surface area contributed by atoms with Crippen LogP contribution in [0.5, 0.6) is 0 Å². The van der Waals surface area contributed by atoms with Crippen LogP contribution in [-0.4, -0.2) is 9.38 Å². The molecule has 0 atom stereocenters. The monoisotopic (exact) mass is 174 g/mol. The summed E-state index contributed by atoms with van der Waals surface area (Å²) < 4.78 is 2.15. The topological polar surface area (TPSA) is 17.3 Å². The number of hydrogen-bond donors (Lipinski definition) is 0. The Morgan fingerprint density at radius 1 is 1.38 bits per heavy atom. The fourth-order valence-corrected chi connectivity index (χ4v) is 1.55. The lowest BCUT2D eigenvalue weighted by atomic mass is 10.1. The van der Waals surface area contributed by atoms with Gasteiger partial charge in [-0.05, 0) is 24.5 Å². The van der Waals surface area contributed by atoms with Gasteiger partial charge in [-0.25, -0.2) is 4.98 Å². The molecule has 0 fully saturated rings. The standard InChI is InChI=1S/C11H14N2/c1-9(2)7-10-8-12-11-5-3-4-6-13(10)11/h3-6,8-9H,7H2,1-2H3. The van der Waals surface area contributed by atoms with Crippen molar-refractivity contribution in [2.75, 3.05) is 0 Å². The number of rotatable bonds is 2. The predicted octanol–water partition coefficient (Wildman–Crippen LogP) is 2.53. The molecule has 13 heavy (non-hydrogen) atoms. The fourth-order valence-electron chi connectivity index (χ4n) is 1.55. The molecule has 2 aromatic rings. The van der Waals surface area contributed by atoms with Gasteiger partial charge >= 0.3 is 0 Å². The number of hydrogen-bond acceptors (Lipinski definition) is 1. The highest BCUT2D eigenvalue weighted by Gasteiger charge is 2.03. The minimum atomic E-state index is 0.681. The van der Waals surface area contributed by atoms with E-state index in [9.17, 15) is 0 Å². The van der Waals surface area contributed by atoms with E-state index < -0.39 is 0 Å². The Morgan fingerprint density at radius 3 is 3.00 bits per heavy atom. The summed E-state index contributed by atoms with van der Waals surface area (Å²) in [7, 11) is 0. The zero-order chi connectivity index (χ0) is 9.26. The minimum Gasteiger partial charge on any atom is -0.304 e. The first kappa shape index (κ1) is 8.30. The summed E-state index contributed by atoms with van der Waals surface area (Å²) in [4.78, 5) is 4.33. The molecule has 2 rings (SSSR count). The molecule has 0 saturated carbocycles. The lowest BCUT2D eigenvalue weighted by Gasteiger charge is -2.03. The van der Waals surface area contributed by atoms with E-state index >= 15 is 0 Å². The third-order valence-electron chi connectivity index (χ3n) is 2.11. The molecule has 2 aromatic heterocycles. The molecule has 0 saturated heterocycles. The van der Waals surface area contributed by atoms with Crippen LogP contribution in [0.2, 0.25) is 0 Å². The summed E-state index contributed by atoms with van der Waals surface area (Å²) in [6.07, 6.45) is 5.13. The number of pyridine rings is 1. The lowest BCUT2D eigenvalue weighted by molar-refractivity contribution is 0.632. The van der Waals surface area contributed by atoms with Gasteiger partial charge in [0.1, 0.15) is 5.65 Å². The van der Waals surface area contributed by atoms with Gasteiger partial charge in [-0.2, -0.15) is 0 Å². The molecule has 0 aliphatic heterocycles. The smallest absolute Gasteiger partial charge is 0.136 e. The molecule has 0 bridgehead atoms. The van der Waals surface area contributed by atoms with Gasteiger partial charge in [0.25, 0.3) is 0 Å². The van der Waals surface area contributed by atoms with E-state index in [0.717, 1.165) is 12.1 Å². The molecule has 2 nitrogen and oxygen atoms in total. The average molecular weight is 174 g/mol. The molecule has 0 aliphatic rings. The van der Waals surface area contributed by atoms with E-state index in [0.29, 0.717) is 5.92 Å². The first-order valence-electron chi connectivity index (χ1n) is 4.68. The van der Waals surface area contributed by atoms with E-state index in [4.69, 9.17) is 0 Å². The van der Waals surface area contributed by atoms with Crippen LogP contribution in [0.25, 0.3) is 5.65 Å². The van der Waals surface area contributed by atoms with Crippen molar-refractivity contribution in [2.45, 2.75) is 20.3 Å². The maximum Gasteiger partial charge on any atom is 0.136 e. The van der Waals surface area contributed by atoms with Crippen molar-refractivity contribution in [3.8, 4) is 0 Å². The van der Waals surface area contributed by atoms with Crippen LogP contribution < -0.4 is 0 Å². The number of aromatic nitrogens is 2. The van der Waals surface area contributed by atoms with E-state index in [1.54, 1.807) is 0 Å². The van der Waals surface area contributed by atoms with E-state index in [1.807, 2.05) is 24.4 Å². The van der Waals surface area contributed by atoms with Crippen molar-refractivity contribution in [1.29, 1.82) is 0 Å². The molecule has 0 radical (unpaired) electrons. The Balaban J connectivity index is 2.46. The third kappa shape index (κ3) is 1.57. The maximum atomic E-state index is 4.33. The van der Waals surface area contributed by atoms with Crippen LogP contribution in [0.1, 0.15) is 19.5 Å². The Morgan fingerprint density at radius 2 is 2.23 bits per heavy atom. The van der Waals surface area contributed by atoms with Crippen molar-refractivity contribution in [3.05, 3.63) is 36.3 Å². The van der Waals surface area contributed by atoms with Crippen molar-refractivity contribution in [2.24, 2.45) is 5.92 Å². The Labute approximate surface area is 78.2 Å². The molecule has 0 N–H and O–H groups in total. The highest BCUT2D eigenvalue weighted by atomic mass is 15.0. The van der Waals surface area contributed by atoms with Crippen molar-refractivity contribution in [3.63, 3.8) is 0 Å². The van der Waals surface area contributed by atoms with Gasteiger partial charge in [0.05, 0.1) is 0 Å². The zero-order valence-corrected chi connectivity index (χ0v) is 8.07. The summed E-state index contributed by atoms with van der Waals surface area (Å²) in [5, 5.41) is 0. The fraction of sp³-hybridized carbons (Fsp3) is 0.364. The lowest BCUT2D eigenvalue weighted by Crippen LogP contribution is -1.97. The van der Waals surface area contributed by atoms with Crippen LogP contribution >= 0.6 is 0 Å². The summed E-state index contributed by atoms with van der Waals surface area (Å²) in [5.41, 5.74) is 2.34. The quantitative estimate of drug-likeness (QED) is 0.684. The van der Waals surface area contributed by atoms with Gasteiger partial charge in [0, 0.05) is 18.1 Å². The summed E-state index contributed by atoms with van der Waals surface area (Å²) in [6.45, 7) is 4.45. The first-order chi connectivity index (χ1) is 6.27. The molecule has 2 heteroatoms. The second-order valence-corrected chi connectivity index (χ2v) is 3.78. The highest BCUT2D eigenvalue weighted by Crippen LogP contribution is 2.10. The second kappa shape index (κ2) is 3.21. The molecule has 0 unspecified atom stereocenters. The predicted molar refractivity (Wildman–Crippen MR) is 53.7 cm³/mol. The number of imidazole rings is 1. The molecule has 68 valence electrons. The average Bonchev–Trinajstić information content (AvgIpc) is 2.48. The third-order valence-corrected chi connectivity index (χ3v) is 2.11. The van der Waals surface area contributed by atoms with Crippen LogP contribution in [0.15, 0.2) is 30.6 Å². The summed E-state index contributed by atoms with van der Waals surface area (Å²) >= 11 is 0. The summed E-state index contributed by atoms with van der Waals surface area (Å²) in [6, 6.07) is 6.09. The Hall–Kier alpha value is -1.31. The van der Waals surface area contributed by atoms with Gasteiger partial charge in [-0.3, -0.25) is 0 Å². The molecule has 0 spiro atoms. The molecule has 0 aromatic carbocycles. The largest absolute Gasteiger partial charge is 0.304 e. The van der Waals surface area contributed by atoms with Crippen LogP contribution in [-0.2, 0) is 6.42 Å². The van der Waals surface area contributed by atoms with Crippen LogP contribution in [0, 0.1) is 5.92 Å². The normalized spacial score (nSPS) is 11.3. The van der Waals surface area contributed by atoms with Crippen molar-refractivity contribution < 1.29 is 0 Å². The van der Waals surface area contributed by atoms with Gasteiger partial charge in [0.2, 0.25) is 0 Å². The maximum absolute atomic E-state index is 4.33. The van der Waals surface area contributed by atoms with Crippen LogP contribution in [0.3, 0.4) is 0 Å². The van der Waals surface area contributed by atoms with Gasteiger partial charge in [-0.15, -0.1) is 0 Å². The van der Waals surface area contributed by atoms with E-state index in [1.165, 1.54) is 5.69 Å². The molecule has 0 aliphatic carbocycles. The second-order valence-electron chi connectivity index (χ2n) is 3.78. The minimum absolute atomic E-state index is 0.681. The zero-order valence-electron chi connectivity index (χ0n) is 8.07. The van der Waals surface area contributed by atoms with Gasteiger partial charge < -0.3 is 4.40 Å². The first-order valence-corrected chi connectivity index (χ1v) is 4.68. The Bertz CT molecular complexity index is 401. The van der Waals surface area contributed by atoms with E-state index in [-0.39, 0.29) is 0 Å². The van der Waals surface area contributed by atoms with Gasteiger partial charge in [-0.1, -0.05) is 19.9 Å². The number of fused-ring (bicyclic) bond motifs is 1. The molecular weight excluding hydrogens is 160 g/mol. The summed E-state index contributed by atoms with van der Waals surface area (Å²) in [5.74, 6) is 0.681. The number of nitrogens with zero attached hydrogens (tertiary/aromatic N) is 2. The molecule has 2 heterocycles. The van der Waals surface area contributed by atoms with Crippen LogP contribution in [0.4, 0.5) is 0 Å². The van der Waals surface area contributed by atoms with Gasteiger partial charge in [0.15, 0.2) is 0 Å². The Kier molecular flexibility index (Phi) is 2.05. The SMILES string of the molecule is CC(C)Cc1cnc2ccccn12. The highest BCUT2D eigenvalue weighted by molar-refractivity contribution is 5.39. The van der Waals surface area contributed by atoms with Crippen molar-refractivity contribution >= 4 is 5.65 Å².